The summed E-state index contributed by atoms with van der Waals surface area (Å²) in [6.45, 7) is 3.33. The van der Waals surface area contributed by atoms with Gasteiger partial charge < -0.3 is 20.1 Å². The van der Waals surface area contributed by atoms with Crippen LogP contribution in [0.25, 0.3) is 0 Å². The predicted molar refractivity (Wildman–Crippen MR) is 85.9 cm³/mol. The van der Waals surface area contributed by atoms with E-state index in [0.717, 1.165) is 0 Å². The van der Waals surface area contributed by atoms with Crippen molar-refractivity contribution < 1.29 is 29.6 Å². The molecule has 2 aromatic rings. The molecule has 3 N–H and O–H groups in total. The summed E-state index contributed by atoms with van der Waals surface area (Å²) in [7, 11) is 0. The van der Waals surface area contributed by atoms with E-state index in [9.17, 15) is 24.9 Å². The Kier molecular flexibility index (Phi) is 4.90. The van der Waals surface area contributed by atoms with Gasteiger partial charge >= 0.3 is 11.9 Å². The van der Waals surface area contributed by atoms with Crippen molar-refractivity contribution in [1.29, 1.82) is 0 Å². The zero-order valence-corrected chi connectivity index (χ0v) is 13.3. The van der Waals surface area contributed by atoms with Gasteiger partial charge in [-0.15, -0.1) is 0 Å². The largest absolute Gasteiger partial charge is 0.479 e. The first-order valence-electron chi connectivity index (χ1n) is 7.25. The fraction of sp³-hybridized carbons (Fsp3) is 0.222. The van der Waals surface area contributed by atoms with E-state index in [2.05, 4.69) is 0 Å². The molecule has 0 aliphatic carbocycles. The minimum Gasteiger partial charge on any atom is -0.479 e. The van der Waals surface area contributed by atoms with Gasteiger partial charge in [0.05, 0.1) is 0 Å². The first kappa shape index (κ1) is 17.5. The molecular formula is C18H18O6. The average molecular weight is 330 g/mol. The highest BCUT2D eigenvalue weighted by Crippen LogP contribution is 2.35. The Bertz CT molecular complexity index is 770. The van der Waals surface area contributed by atoms with Crippen LogP contribution in [-0.4, -0.2) is 33.4 Å². The minimum absolute atomic E-state index is 0.0793. The zero-order chi connectivity index (χ0) is 17.9. The van der Waals surface area contributed by atoms with E-state index in [0.29, 0.717) is 11.1 Å². The van der Waals surface area contributed by atoms with Gasteiger partial charge in [-0.1, -0.05) is 42.5 Å². The van der Waals surface area contributed by atoms with Crippen molar-refractivity contribution in [3.8, 4) is 5.75 Å². The van der Waals surface area contributed by atoms with E-state index in [-0.39, 0.29) is 11.3 Å². The number of carbonyl (C=O) groups is 2. The molecule has 24 heavy (non-hydrogen) atoms. The molecule has 0 saturated carbocycles. The third-order valence-corrected chi connectivity index (χ3v) is 3.85. The second-order valence-corrected chi connectivity index (χ2v) is 5.46. The van der Waals surface area contributed by atoms with E-state index in [1.54, 1.807) is 50.2 Å². The van der Waals surface area contributed by atoms with Crippen molar-refractivity contribution in [3.63, 3.8) is 0 Å². The monoisotopic (exact) mass is 330 g/mol. The molecule has 2 aromatic carbocycles. The lowest BCUT2D eigenvalue weighted by atomic mass is 9.84. The third kappa shape index (κ3) is 2.96. The number of carboxylic acids is 2. The summed E-state index contributed by atoms with van der Waals surface area (Å²) in [5, 5.41) is 29.3. The first-order valence-corrected chi connectivity index (χ1v) is 7.25. The molecule has 0 aromatic heterocycles. The first-order chi connectivity index (χ1) is 11.3. The fourth-order valence-electron chi connectivity index (χ4n) is 2.54. The smallest absolute Gasteiger partial charge is 0.356 e. The summed E-state index contributed by atoms with van der Waals surface area (Å²) in [6, 6.07) is 12.9. The van der Waals surface area contributed by atoms with Crippen LogP contribution >= 0.6 is 0 Å². The second kappa shape index (κ2) is 6.72. The summed E-state index contributed by atoms with van der Waals surface area (Å²) in [5.74, 6) is -3.09. The average Bonchev–Trinajstić information content (AvgIpc) is 2.54. The number of ether oxygens (including phenoxy) is 1. The molecule has 2 atom stereocenters. The molecule has 0 aliphatic rings. The van der Waals surface area contributed by atoms with Crippen LogP contribution in [0.15, 0.2) is 48.5 Å². The van der Waals surface area contributed by atoms with Crippen molar-refractivity contribution in [2.24, 2.45) is 0 Å². The molecule has 0 saturated heterocycles. The van der Waals surface area contributed by atoms with Crippen molar-refractivity contribution in [2.75, 3.05) is 0 Å². The van der Waals surface area contributed by atoms with Crippen LogP contribution in [0, 0.1) is 13.8 Å². The third-order valence-electron chi connectivity index (χ3n) is 3.85. The van der Waals surface area contributed by atoms with E-state index in [1.165, 1.54) is 12.1 Å². The molecule has 6 nitrogen and oxygen atoms in total. The quantitative estimate of drug-likeness (QED) is 0.749. The lowest BCUT2D eigenvalue weighted by Crippen LogP contribution is -2.55. The number of aliphatic hydroxyl groups excluding tert-OH is 1. The number of aryl methyl sites for hydroxylation is 2. The van der Waals surface area contributed by atoms with Crippen LogP contribution in [0.5, 0.6) is 5.75 Å². The van der Waals surface area contributed by atoms with E-state index in [4.69, 9.17) is 4.74 Å². The van der Waals surface area contributed by atoms with Crippen LogP contribution in [-0.2, 0) is 15.2 Å². The van der Waals surface area contributed by atoms with Crippen molar-refractivity contribution in [1.82, 2.24) is 0 Å². The maximum Gasteiger partial charge on any atom is 0.356 e. The molecule has 0 aliphatic heterocycles. The summed E-state index contributed by atoms with van der Waals surface area (Å²) in [4.78, 5) is 23.5. The van der Waals surface area contributed by atoms with Gasteiger partial charge in [0.2, 0.25) is 6.10 Å². The lowest BCUT2D eigenvalue weighted by molar-refractivity contribution is -0.180. The number of hydrogen-bond donors (Lipinski definition) is 3. The molecule has 126 valence electrons. The summed E-state index contributed by atoms with van der Waals surface area (Å²) in [5.41, 5.74) is -1.28. The number of benzene rings is 2. The predicted octanol–water partition coefficient (Wildman–Crippen LogP) is 2.11. The Morgan fingerprint density at radius 3 is 2.00 bits per heavy atom. The zero-order valence-electron chi connectivity index (χ0n) is 13.3. The fourth-order valence-corrected chi connectivity index (χ4v) is 2.54. The topological polar surface area (TPSA) is 104 Å². The molecule has 2 rings (SSSR count). The number of carboxylic acid groups (broad SMARTS) is 2. The molecule has 0 bridgehead atoms. The van der Waals surface area contributed by atoms with Gasteiger partial charge in [0.15, 0.2) is 0 Å². The lowest BCUT2D eigenvalue weighted by Gasteiger charge is -2.34. The Morgan fingerprint density at radius 2 is 1.50 bits per heavy atom. The molecule has 0 radical (unpaired) electrons. The van der Waals surface area contributed by atoms with Crippen LogP contribution in [0.4, 0.5) is 0 Å². The number of aliphatic hydroxyl groups is 1. The Labute approximate surface area is 138 Å². The molecule has 0 heterocycles. The van der Waals surface area contributed by atoms with Crippen LogP contribution < -0.4 is 4.74 Å². The molecule has 0 spiro atoms. The SMILES string of the molecule is Cc1ccccc1OC(C(=O)O)(c1ccccc1C)C(O)C(=O)O. The normalized spacial score (nSPS) is 14.5. The van der Waals surface area contributed by atoms with Crippen LogP contribution in [0.1, 0.15) is 16.7 Å². The van der Waals surface area contributed by atoms with E-state index < -0.39 is 23.6 Å². The van der Waals surface area contributed by atoms with Gasteiger partial charge in [0.25, 0.3) is 5.60 Å². The van der Waals surface area contributed by atoms with E-state index >= 15 is 0 Å². The minimum atomic E-state index is -2.47. The number of aliphatic carboxylic acids is 2. The number of hydrogen-bond acceptors (Lipinski definition) is 4. The Hall–Kier alpha value is -2.86. The van der Waals surface area contributed by atoms with Gasteiger partial charge in [-0.2, -0.15) is 0 Å². The summed E-state index contributed by atoms with van der Waals surface area (Å²) < 4.78 is 5.65. The molecule has 6 heteroatoms. The standard InChI is InChI=1S/C18H18O6/c1-11-7-3-5-9-13(11)18(17(22)23,15(19)16(20)21)24-14-10-6-4-8-12(14)2/h3-10,15,19H,1-2H3,(H,20,21)(H,22,23). The molecular weight excluding hydrogens is 312 g/mol. The van der Waals surface area contributed by atoms with Crippen LogP contribution in [0.3, 0.4) is 0 Å². The van der Waals surface area contributed by atoms with Gasteiger partial charge in [-0.25, -0.2) is 9.59 Å². The summed E-state index contributed by atoms with van der Waals surface area (Å²) >= 11 is 0. The highest BCUT2D eigenvalue weighted by Gasteiger charge is 2.54. The van der Waals surface area contributed by atoms with Crippen molar-refractivity contribution in [2.45, 2.75) is 25.6 Å². The van der Waals surface area contributed by atoms with Gasteiger partial charge in [0, 0.05) is 5.56 Å². The number of para-hydroxylation sites is 1. The molecule has 2 unspecified atom stereocenters. The Morgan fingerprint density at radius 1 is 0.958 bits per heavy atom. The second-order valence-electron chi connectivity index (χ2n) is 5.46. The molecule has 0 fully saturated rings. The maximum absolute atomic E-state index is 12.1. The number of rotatable bonds is 6. The van der Waals surface area contributed by atoms with Gasteiger partial charge in [0.1, 0.15) is 5.75 Å². The van der Waals surface area contributed by atoms with Crippen molar-refractivity contribution >= 4 is 11.9 Å². The van der Waals surface area contributed by atoms with E-state index in [1.807, 2.05) is 0 Å². The van der Waals surface area contributed by atoms with Crippen molar-refractivity contribution in [3.05, 3.63) is 65.2 Å². The Balaban J connectivity index is 2.72. The summed E-state index contributed by atoms with van der Waals surface area (Å²) in [6.07, 6.45) is -2.30. The van der Waals surface area contributed by atoms with Gasteiger partial charge in [-0.3, -0.25) is 0 Å². The van der Waals surface area contributed by atoms with Crippen LogP contribution in [0.2, 0.25) is 0 Å². The van der Waals surface area contributed by atoms with Gasteiger partial charge in [-0.05, 0) is 31.0 Å². The highest BCUT2D eigenvalue weighted by molar-refractivity contribution is 5.89. The maximum atomic E-state index is 12.1. The molecule has 0 amide bonds. The highest BCUT2D eigenvalue weighted by atomic mass is 16.5.